The minimum atomic E-state index is 0.346. The Hall–Kier alpha value is -0.590. The van der Waals surface area contributed by atoms with Gasteiger partial charge in [-0.3, -0.25) is 4.79 Å². The maximum atomic E-state index is 12.1. The van der Waals surface area contributed by atoms with Crippen LogP contribution in [0.4, 0.5) is 0 Å². The van der Waals surface area contributed by atoms with E-state index in [0.717, 1.165) is 48.9 Å². The first kappa shape index (κ1) is 21.6. The van der Waals surface area contributed by atoms with E-state index in [4.69, 9.17) is 0 Å². The summed E-state index contributed by atoms with van der Waals surface area (Å²) in [6, 6.07) is 0. The summed E-state index contributed by atoms with van der Waals surface area (Å²) in [4.78, 5) is 12.1. The number of rotatable bonds is 5. The third-order valence-electron chi connectivity index (χ3n) is 10.8. The van der Waals surface area contributed by atoms with Crippen molar-refractivity contribution in [2.45, 2.75) is 112 Å². The highest BCUT2D eigenvalue weighted by Crippen LogP contribution is 2.65. The zero-order chi connectivity index (χ0) is 21.0. The molecule has 0 N–H and O–H groups in total. The molecule has 4 aliphatic rings. The summed E-state index contributed by atoms with van der Waals surface area (Å²) in [5, 5.41) is 0. The van der Waals surface area contributed by atoms with Crippen LogP contribution in [0.1, 0.15) is 112 Å². The molecule has 1 heteroatoms. The van der Waals surface area contributed by atoms with E-state index in [1.54, 1.807) is 0 Å². The van der Waals surface area contributed by atoms with E-state index in [0.29, 0.717) is 22.5 Å². The first-order valence-electron chi connectivity index (χ1n) is 12.9. The Labute approximate surface area is 180 Å². The topological polar surface area (TPSA) is 17.1 Å². The number of Topliss-reactive ketones (excluding diaryl/α,β-unsaturated/α-hetero) is 1. The van der Waals surface area contributed by atoms with E-state index >= 15 is 0 Å². The minimum absolute atomic E-state index is 0.346. The van der Waals surface area contributed by atoms with Crippen LogP contribution in [0, 0.1) is 46.3 Å². The van der Waals surface area contributed by atoms with Gasteiger partial charge >= 0.3 is 0 Å². The fourth-order valence-electron chi connectivity index (χ4n) is 8.29. The van der Waals surface area contributed by atoms with Gasteiger partial charge in [-0.05, 0) is 91.3 Å². The molecule has 0 aromatic carbocycles. The maximum Gasteiger partial charge on any atom is 0.133 e. The minimum Gasteiger partial charge on any atom is -0.300 e. The van der Waals surface area contributed by atoms with Crippen LogP contribution in [0.15, 0.2) is 11.1 Å². The van der Waals surface area contributed by atoms with Crippen molar-refractivity contribution in [1.82, 2.24) is 0 Å². The lowest BCUT2D eigenvalue weighted by Crippen LogP contribution is -2.45. The van der Waals surface area contributed by atoms with Crippen molar-refractivity contribution in [3.63, 3.8) is 0 Å². The zero-order valence-electron chi connectivity index (χ0n) is 20.2. The van der Waals surface area contributed by atoms with Gasteiger partial charge in [-0.25, -0.2) is 0 Å². The van der Waals surface area contributed by atoms with Gasteiger partial charge in [0.25, 0.3) is 0 Å². The summed E-state index contributed by atoms with van der Waals surface area (Å²) >= 11 is 0. The fraction of sp³-hybridized carbons (Fsp3) is 0.893. The number of fused-ring (bicyclic) bond motifs is 4. The van der Waals surface area contributed by atoms with Crippen molar-refractivity contribution >= 4 is 5.78 Å². The van der Waals surface area contributed by atoms with E-state index in [2.05, 4.69) is 41.5 Å². The first-order valence-corrected chi connectivity index (χ1v) is 12.9. The summed E-state index contributed by atoms with van der Waals surface area (Å²) in [7, 11) is 0. The van der Waals surface area contributed by atoms with Crippen molar-refractivity contribution < 1.29 is 4.79 Å². The second-order valence-electron chi connectivity index (χ2n) is 12.4. The van der Waals surface area contributed by atoms with Gasteiger partial charge in [0, 0.05) is 12.8 Å². The highest BCUT2D eigenvalue weighted by molar-refractivity contribution is 5.80. The molecule has 29 heavy (non-hydrogen) atoms. The molecule has 0 aromatic rings. The van der Waals surface area contributed by atoms with Gasteiger partial charge in [-0.15, -0.1) is 0 Å². The number of carbonyl (C=O) groups excluding carboxylic acids is 1. The van der Waals surface area contributed by atoms with Gasteiger partial charge in [-0.1, -0.05) is 65.5 Å². The quantitative estimate of drug-likeness (QED) is 0.429. The van der Waals surface area contributed by atoms with Crippen molar-refractivity contribution in [2.75, 3.05) is 0 Å². The molecule has 7 atom stereocenters. The van der Waals surface area contributed by atoms with Crippen LogP contribution in [0.25, 0.3) is 0 Å². The molecular formula is C28H46O. The molecule has 0 radical (unpaired) electrons. The SMILES string of the molecule is CC(C)[C@@H](C)CC[C@@H](C)C1CCC2C3=C(CCC21C)C1(C)CCC(=O)C[C@@H]1CC3. The van der Waals surface area contributed by atoms with Crippen LogP contribution in [0.5, 0.6) is 0 Å². The Morgan fingerprint density at radius 2 is 1.69 bits per heavy atom. The van der Waals surface area contributed by atoms with Crippen LogP contribution in [0.3, 0.4) is 0 Å². The molecule has 0 spiro atoms. The van der Waals surface area contributed by atoms with Crippen molar-refractivity contribution in [3.05, 3.63) is 11.1 Å². The predicted octanol–water partition coefficient (Wildman–Crippen LogP) is 7.99. The Morgan fingerprint density at radius 3 is 2.41 bits per heavy atom. The summed E-state index contributed by atoms with van der Waals surface area (Å²) < 4.78 is 0. The first-order chi connectivity index (χ1) is 13.7. The molecule has 2 saturated carbocycles. The molecule has 4 rings (SSSR count). The second-order valence-corrected chi connectivity index (χ2v) is 12.4. The molecule has 1 nitrogen and oxygen atoms in total. The van der Waals surface area contributed by atoms with Crippen molar-refractivity contribution in [3.8, 4) is 0 Å². The van der Waals surface area contributed by atoms with E-state index in [1.807, 2.05) is 11.1 Å². The lowest BCUT2D eigenvalue weighted by molar-refractivity contribution is -0.124. The molecule has 4 unspecified atom stereocenters. The van der Waals surface area contributed by atoms with E-state index in [1.165, 1.54) is 51.4 Å². The van der Waals surface area contributed by atoms with E-state index < -0.39 is 0 Å². The highest BCUT2D eigenvalue weighted by atomic mass is 16.1. The Kier molecular flexibility index (Phi) is 5.84. The average Bonchev–Trinajstić information content (AvgIpc) is 3.03. The molecule has 0 saturated heterocycles. The Balaban J connectivity index is 1.53. The number of allylic oxidation sites excluding steroid dienone is 2. The van der Waals surface area contributed by atoms with Crippen LogP contribution in [-0.4, -0.2) is 5.78 Å². The van der Waals surface area contributed by atoms with Gasteiger partial charge in [-0.2, -0.15) is 0 Å². The Morgan fingerprint density at radius 1 is 0.931 bits per heavy atom. The smallest absolute Gasteiger partial charge is 0.133 e. The number of carbonyl (C=O) groups is 1. The van der Waals surface area contributed by atoms with Crippen molar-refractivity contribution in [2.24, 2.45) is 46.3 Å². The Bertz CT molecular complexity index is 672. The monoisotopic (exact) mass is 398 g/mol. The summed E-state index contributed by atoms with van der Waals surface area (Å²) in [5.41, 5.74) is 4.61. The summed E-state index contributed by atoms with van der Waals surface area (Å²) in [6.45, 7) is 15.0. The number of hydrogen-bond acceptors (Lipinski definition) is 1. The molecule has 2 fully saturated rings. The second kappa shape index (κ2) is 7.83. The third kappa shape index (κ3) is 3.57. The normalized spacial score (nSPS) is 41.8. The molecule has 0 heterocycles. The standard InChI is InChI=1S/C28H46O/c1-18(2)19(3)7-8-20(4)24-11-12-25-23-10-9-21-17-22(29)13-15-27(21,5)26(23)14-16-28(24,25)6/h18-21,24-25H,7-17H2,1-6H3/t19-,20+,21-,24?,25?,27?,28?/m0/s1. The zero-order valence-corrected chi connectivity index (χ0v) is 20.2. The summed E-state index contributed by atoms with van der Waals surface area (Å²) in [5.74, 6) is 5.47. The molecule has 0 aliphatic heterocycles. The average molecular weight is 399 g/mol. The molecule has 4 aliphatic carbocycles. The lowest BCUT2D eigenvalue weighted by atomic mass is 9.50. The third-order valence-corrected chi connectivity index (χ3v) is 10.8. The lowest BCUT2D eigenvalue weighted by Gasteiger charge is -2.54. The largest absolute Gasteiger partial charge is 0.300 e. The van der Waals surface area contributed by atoms with Crippen LogP contribution in [0.2, 0.25) is 0 Å². The number of hydrogen-bond donors (Lipinski definition) is 0. The maximum absolute atomic E-state index is 12.1. The summed E-state index contributed by atoms with van der Waals surface area (Å²) in [6.07, 6.45) is 13.8. The number of ketones is 1. The fourth-order valence-corrected chi connectivity index (χ4v) is 8.29. The molecule has 0 bridgehead atoms. The highest BCUT2D eigenvalue weighted by Gasteiger charge is 2.55. The van der Waals surface area contributed by atoms with Crippen LogP contribution < -0.4 is 0 Å². The predicted molar refractivity (Wildman–Crippen MR) is 123 cm³/mol. The van der Waals surface area contributed by atoms with E-state index in [-0.39, 0.29) is 0 Å². The molecule has 0 aromatic heterocycles. The van der Waals surface area contributed by atoms with Gasteiger partial charge in [0.2, 0.25) is 0 Å². The van der Waals surface area contributed by atoms with Gasteiger partial charge in [0.05, 0.1) is 0 Å². The van der Waals surface area contributed by atoms with Crippen LogP contribution in [-0.2, 0) is 4.79 Å². The van der Waals surface area contributed by atoms with E-state index in [9.17, 15) is 4.79 Å². The van der Waals surface area contributed by atoms with Crippen molar-refractivity contribution in [1.29, 1.82) is 0 Å². The van der Waals surface area contributed by atoms with Gasteiger partial charge in [0.15, 0.2) is 0 Å². The molecular weight excluding hydrogens is 352 g/mol. The van der Waals surface area contributed by atoms with Gasteiger partial charge in [0.1, 0.15) is 5.78 Å². The molecule has 164 valence electrons. The van der Waals surface area contributed by atoms with Crippen LogP contribution >= 0.6 is 0 Å². The van der Waals surface area contributed by atoms with Gasteiger partial charge < -0.3 is 0 Å². The molecule has 0 amide bonds.